The summed E-state index contributed by atoms with van der Waals surface area (Å²) >= 11 is 5.53. The van der Waals surface area contributed by atoms with Gasteiger partial charge in [-0.1, -0.05) is 11.6 Å². The van der Waals surface area contributed by atoms with Gasteiger partial charge in [0.25, 0.3) is 0 Å². The van der Waals surface area contributed by atoms with Crippen molar-refractivity contribution >= 4 is 11.6 Å². The molecule has 1 N–H and O–H groups in total. The monoisotopic (exact) mass is 271 g/mol. The molecule has 0 aliphatic heterocycles. The van der Waals surface area contributed by atoms with Crippen molar-refractivity contribution in [1.82, 2.24) is 5.32 Å². The number of furan rings is 1. The Hall–Kier alpha value is -1.39. The summed E-state index contributed by atoms with van der Waals surface area (Å²) in [6, 6.07) is 3.56. The normalized spacial score (nSPS) is 12.7. The number of hydrogen-bond acceptors (Lipinski definition) is 2. The quantitative estimate of drug-likeness (QED) is 0.858. The molecule has 2 rings (SSSR count). The van der Waals surface area contributed by atoms with Crippen LogP contribution in [0.1, 0.15) is 17.2 Å². The predicted molar refractivity (Wildman–Crippen MR) is 65.6 cm³/mol. The molecule has 0 spiro atoms. The average Bonchev–Trinajstić information content (AvgIpc) is 2.84. The van der Waals surface area contributed by atoms with Gasteiger partial charge in [-0.05, 0) is 37.2 Å². The van der Waals surface area contributed by atoms with Crippen molar-refractivity contribution in [3.05, 3.63) is 58.5 Å². The van der Waals surface area contributed by atoms with Gasteiger partial charge in [-0.25, -0.2) is 8.78 Å². The molecule has 18 heavy (non-hydrogen) atoms. The lowest BCUT2D eigenvalue weighted by molar-refractivity contribution is 0.517. The summed E-state index contributed by atoms with van der Waals surface area (Å²) in [7, 11) is 1.69. The van der Waals surface area contributed by atoms with E-state index in [1.807, 2.05) is 0 Å². The van der Waals surface area contributed by atoms with Crippen LogP contribution >= 0.6 is 11.6 Å². The van der Waals surface area contributed by atoms with Crippen LogP contribution in [0.2, 0.25) is 5.02 Å². The maximum absolute atomic E-state index is 13.8. The van der Waals surface area contributed by atoms with Crippen LogP contribution < -0.4 is 5.32 Å². The minimum Gasteiger partial charge on any atom is -0.472 e. The van der Waals surface area contributed by atoms with E-state index in [2.05, 4.69) is 5.32 Å². The van der Waals surface area contributed by atoms with Gasteiger partial charge in [0.15, 0.2) is 0 Å². The van der Waals surface area contributed by atoms with Gasteiger partial charge in [0.2, 0.25) is 0 Å². The van der Waals surface area contributed by atoms with Gasteiger partial charge in [-0.3, -0.25) is 0 Å². The zero-order valence-electron chi connectivity index (χ0n) is 9.71. The van der Waals surface area contributed by atoms with Crippen molar-refractivity contribution in [2.75, 3.05) is 7.05 Å². The minimum atomic E-state index is -0.625. The molecule has 0 radical (unpaired) electrons. The highest BCUT2D eigenvalue weighted by Crippen LogP contribution is 2.26. The van der Waals surface area contributed by atoms with Gasteiger partial charge >= 0.3 is 0 Å². The van der Waals surface area contributed by atoms with Crippen molar-refractivity contribution in [2.45, 2.75) is 12.5 Å². The van der Waals surface area contributed by atoms with Crippen LogP contribution in [0.25, 0.3) is 0 Å². The van der Waals surface area contributed by atoms with E-state index < -0.39 is 11.6 Å². The van der Waals surface area contributed by atoms with E-state index in [-0.39, 0.29) is 16.6 Å². The Balaban J connectivity index is 2.30. The zero-order valence-corrected chi connectivity index (χ0v) is 10.5. The van der Waals surface area contributed by atoms with E-state index in [0.29, 0.717) is 6.42 Å². The summed E-state index contributed by atoms with van der Waals surface area (Å²) < 4.78 is 32.1. The van der Waals surface area contributed by atoms with Crippen molar-refractivity contribution in [2.24, 2.45) is 0 Å². The first-order valence-corrected chi connectivity index (χ1v) is 5.82. The predicted octanol–water partition coefficient (Wildman–Crippen LogP) is 3.71. The molecule has 1 heterocycles. The van der Waals surface area contributed by atoms with Crippen LogP contribution in [0.5, 0.6) is 0 Å². The molecule has 2 nitrogen and oxygen atoms in total. The molecular weight excluding hydrogens is 260 g/mol. The maximum atomic E-state index is 13.8. The molecule has 0 bridgehead atoms. The highest BCUT2D eigenvalue weighted by atomic mass is 35.5. The Bertz CT molecular complexity index is 528. The van der Waals surface area contributed by atoms with Crippen LogP contribution in [0.4, 0.5) is 8.78 Å². The molecule has 0 amide bonds. The Morgan fingerprint density at radius 2 is 2.11 bits per heavy atom. The van der Waals surface area contributed by atoms with Gasteiger partial charge in [-0.15, -0.1) is 0 Å². The molecule has 1 unspecified atom stereocenters. The van der Waals surface area contributed by atoms with E-state index in [1.165, 1.54) is 0 Å². The summed E-state index contributed by atoms with van der Waals surface area (Å²) in [6.07, 6.45) is 3.63. The standard InChI is InChI=1S/C13H12ClF2NO/c1-17-13(4-8-2-3-18-7-8)9-5-12(16)10(14)6-11(9)15/h2-3,5-7,13,17H,4H2,1H3. The van der Waals surface area contributed by atoms with Crippen molar-refractivity contribution in [1.29, 1.82) is 0 Å². The minimum absolute atomic E-state index is 0.214. The van der Waals surface area contributed by atoms with Crippen molar-refractivity contribution < 1.29 is 13.2 Å². The summed E-state index contributed by atoms with van der Waals surface area (Å²) in [4.78, 5) is 0. The van der Waals surface area contributed by atoms with E-state index in [9.17, 15) is 8.78 Å². The molecule has 0 saturated carbocycles. The lowest BCUT2D eigenvalue weighted by atomic mass is 10.00. The highest BCUT2D eigenvalue weighted by Gasteiger charge is 2.17. The average molecular weight is 272 g/mol. The lowest BCUT2D eigenvalue weighted by Crippen LogP contribution is -2.20. The molecule has 0 aliphatic carbocycles. The number of nitrogens with one attached hydrogen (secondary N) is 1. The molecule has 1 atom stereocenters. The van der Waals surface area contributed by atoms with Crippen LogP contribution in [-0.4, -0.2) is 7.05 Å². The second kappa shape index (κ2) is 5.50. The number of hydrogen-bond donors (Lipinski definition) is 1. The van der Waals surface area contributed by atoms with Gasteiger partial charge in [0, 0.05) is 11.6 Å². The largest absolute Gasteiger partial charge is 0.472 e. The summed E-state index contributed by atoms with van der Waals surface area (Å²) in [6.45, 7) is 0. The third-order valence-corrected chi connectivity index (χ3v) is 3.07. The molecular formula is C13H12ClF2NO. The fraction of sp³-hybridized carbons (Fsp3) is 0.231. The fourth-order valence-electron chi connectivity index (χ4n) is 1.82. The van der Waals surface area contributed by atoms with Crippen molar-refractivity contribution in [3.63, 3.8) is 0 Å². The van der Waals surface area contributed by atoms with Crippen LogP contribution in [0.15, 0.2) is 35.1 Å². The van der Waals surface area contributed by atoms with Gasteiger partial charge in [0.05, 0.1) is 17.5 Å². The first-order valence-electron chi connectivity index (χ1n) is 5.44. The molecule has 2 aromatic rings. The van der Waals surface area contributed by atoms with E-state index in [1.54, 1.807) is 25.6 Å². The van der Waals surface area contributed by atoms with Gasteiger partial charge < -0.3 is 9.73 Å². The highest BCUT2D eigenvalue weighted by molar-refractivity contribution is 6.30. The summed E-state index contributed by atoms with van der Waals surface area (Å²) in [5.74, 6) is -1.15. The summed E-state index contributed by atoms with van der Waals surface area (Å²) in [5.41, 5.74) is 1.16. The number of halogens is 3. The smallest absolute Gasteiger partial charge is 0.142 e. The second-order valence-corrected chi connectivity index (χ2v) is 4.37. The molecule has 0 aliphatic rings. The Morgan fingerprint density at radius 3 is 2.72 bits per heavy atom. The Labute approximate surface area is 109 Å². The number of benzene rings is 1. The number of likely N-dealkylation sites (N-methyl/N-ethyl adjacent to an activating group) is 1. The maximum Gasteiger partial charge on any atom is 0.142 e. The van der Waals surface area contributed by atoms with Crippen LogP contribution in [0.3, 0.4) is 0 Å². The fourth-order valence-corrected chi connectivity index (χ4v) is 1.97. The summed E-state index contributed by atoms with van der Waals surface area (Å²) in [5, 5.41) is 2.74. The molecule has 96 valence electrons. The molecule has 5 heteroatoms. The molecule has 0 fully saturated rings. The number of rotatable bonds is 4. The first-order chi connectivity index (χ1) is 8.61. The van der Waals surface area contributed by atoms with Crippen LogP contribution in [0, 0.1) is 11.6 Å². The first kappa shape index (κ1) is 13.1. The van der Waals surface area contributed by atoms with Gasteiger partial charge in [-0.2, -0.15) is 0 Å². The van der Waals surface area contributed by atoms with E-state index in [0.717, 1.165) is 17.7 Å². The third kappa shape index (κ3) is 2.71. The van der Waals surface area contributed by atoms with E-state index in [4.69, 9.17) is 16.0 Å². The molecule has 1 aromatic carbocycles. The molecule has 0 saturated heterocycles. The Kier molecular flexibility index (Phi) is 3.99. The second-order valence-electron chi connectivity index (χ2n) is 3.96. The SMILES string of the molecule is CNC(Cc1ccoc1)c1cc(F)c(Cl)cc1F. The van der Waals surface area contributed by atoms with E-state index >= 15 is 0 Å². The van der Waals surface area contributed by atoms with Gasteiger partial charge in [0.1, 0.15) is 11.6 Å². The lowest BCUT2D eigenvalue weighted by Gasteiger charge is -2.17. The zero-order chi connectivity index (χ0) is 13.1. The molecule has 1 aromatic heterocycles. The van der Waals surface area contributed by atoms with Crippen LogP contribution in [-0.2, 0) is 6.42 Å². The third-order valence-electron chi connectivity index (χ3n) is 2.78. The van der Waals surface area contributed by atoms with Crippen molar-refractivity contribution in [3.8, 4) is 0 Å². The topological polar surface area (TPSA) is 25.2 Å². The Morgan fingerprint density at radius 1 is 1.33 bits per heavy atom.